The first kappa shape index (κ1) is 14.8. The molecule has 1 aromatic heterocycles. The zero-order valence-corrected chi connectivity index (χ0v) is 11.9. The van der Waals surface area contributed by atoms with E-state index in [0.29, 0.717) is 18.0 Å². The summed E-state index contributed by atoms with van der Waals surface area (Å²) < 4.78 is 6.43. The minimum atomic E-state index is -1.04. The minimum Gasteiger partial charge on any atom is -0.497 e. The zero-order chi connectivity index (χ0) is 15.4. The molecule has 0 saturated heterocycles. The number of aryl methyl sites for hydroxylation is 1. The van der Waals surface area contributed by atoms with Crippen molar-refractivity contribution in [3.8, 4) is 17.0 Å². The Morgan fingerprint density at radius 2 is 2.14 bits per heavy atom. The van der Waals surface area contributed by atoms with Crippen molar-refractivity contribution in [2.45, 2.75) is 19.9 Å². The lowest BCUT2D eigenvalue weighted by atomic mass is 10.1. The van der Waals surface area contributed by atoms with E-state index in [2.05, 4.69) is 5.10 Å². The fraction of sp³-hybridized carbons (Fsp3) is 0.267. The molecule has 0 unspecified atom stereocenters. The molecule has 6 nitrogen and oxygen atoms in total. The molecule has 0 radical (unpaired) electrons. The number of carboxylic acid groups (broad SMARTS) is 1. The first-order valence-electron chi connectivity index (χ1n) is 6.52. The second kappa shape index (κ2) is 6.21. The summed E-state index contributed by atoms with van der Waals surface area (Å²) in [5, 5.41) is 13.2. The Labute approximate surface area is 121 Å². The second-order valence-electron chi connectivity index (χ2n) is 4.48. The van der Waals surface area contributed by atoms with Gasteiger partial charge in [0.2, 0.25) is 0 Å². The van der Waals surface area contributed by atoms with Gasteiger partial charge >= 0.3 is 5.97 Å². The van der Waals surface area contributed by atoms with Crippen LogP contribution in [0.2, 0.25) is 0 Å². The average Bonchev–Trinajstić information content (AvgIpc) is 2.49. The van der Waals surface area contributed by atoms with E-state index >= 15 is 0 Å². The summed E-state index contributed by atoms with van der Waals surface area (Å²) in [5.41, 5.74) is 1.17. The van der Waals surface area contributed by atoms with Crippen LogP contribution in [-0.2, 0) is 17.8 Å². The normalized spacial score (nSPS) is 10.4. The largest absolute Gasteiger partial charge is 0.497 e. The Bertz CT molecular complexity index is 722. The van der Waals surface area contributed by atoms with Gasteiger partial charge in [0.25, 0.3) is 5.56 Å². The van der Waals surface area contributed by atoms with Gasteiger partial charge in [-0.3, -0.25) is 9.59 Å². The third-order valence-electron chi connectivity index (χ3n) is 3.06. The summed E-state index contributed by atoms with van der Waals surface area (Å²) in [6.45, 7) is 2.16. The highest BCUT2D eigenvalue weighted by Crippen LogP contribution is 2.22. The predicted octanol–water partition coefficient (Wildman–Crippen LogP) is 1.57. The highest BCUT2D eigenvalue weighted by atomic mass is 16.5. The molecule has 1 aromatic carbocycles. The van der Waals surface area contributed by atoms with E-state index in [1.807, 2.05) is 12.1 Å². The van der Waals surface area contributed by atoms with E-state index in [9.17, 15) is 9.59 Å². The molecule has 0 spiro atoms. The number of rotatable bonds is 5. The maximum Gasteiger partial charge on any atom is 0.308 e. The molecular weight excluding hydrogens is 272 g/mol. The number of hydrogen-bond acceptors (Lipinski definition) is 4. The molecule has 0 aliphatic heterocycles. The molecule has 21 heavy (non-hydrogen) atoms. The second-order valence-corrected chi connectivity index (χ2v) is 4.48. The number of aromatic nitrogens is 2. The molecule has 0 amide bonds. The van der Waals surface area contributed by atoms with Crippen molar-refractivity contribution in [1.82, 2.24) is 9.78 Å². The van der Waals surface area contributed by atoms with Gasteiger partial charge in [-0.15, -0.1) is 0 Å². The van der Waals surface area contributed by atoms with E-state index < -0.39 is 5.97 Å². The van der Waals surface area contributed by atoms with E-state index in [4.69, 9.17) is 9.84 Å². The topological polar surface area (TPSA) is 81.4 Å². The number of ether oxygens (including phenoxy) is 1. The van der Waals surface area contributed by atoms with Crippen LogP contribution in [0.25, 0.3) is 11.3 Å². The van der Waals surface area contributed by atoms with Crippen LogP contribution in [-0.4, -0.2) is 28.0 Å². The van der Waals surface area contributed by atoms with Crippen LogP contribution in [0.1, 0.15) is 12.5 Å². The van der Waals surface area contributed by atoms with Crippen LogP contribution in [0.3, 0.4) is 0 Å². The van der Waals surface area contributed by atoms with Crippen molar-refractivity contribution < 1.29 is 14.6 Å². The van der Waals surface area contributed by atoms with E-state index in [1.165, 1.54) is 10.7 Å². The monoisotopic (exact) mass is 288 g/mol. The average molecular weight is 288 g/mol. The number of carboxylic acids is 1. The van der Waals surface area contributed by atoms with Crippen LogP contribution >= 0.6 is 0 Å². The lowest BCUT2D eigenvalue weighted by molar-refractivity contribution is -0.136. The third kappa shape index (κ3) is 3.28. The molecule has 110 valence electrons. The van der Waals surface area contributed by atoms with Gasteiger partial charge in [0.05, 0.1) is 19.2 Å². The Hall–Kier alpha value is -2.63. The molecular formula is C15H16N2O4. The lowest BCUT2D eigenvalue weighted by Gasteiger charge is -2.09. The summed E-state index contributed by atoms with van der Waals surface area (Å²) in [6.07, 6.45) is -0.321. The predicted molar refractivity (Wildman–Crippen MR) is 77.5 cm³/mol. The number of aliphatic carboxylic acids is 1. The Morgan fingerprint density at radius 3 is 2.76 bits per heavy atom. The van der Waals surface area contributed by atoms with E-state index in [0.717, 1.165) is 5.56 Å². The van der Waals surface area contributed by atoms with Crippen molar-refractivity contribution in [1.29, 1.82) is 0 Å². The Balaban J connectivity index is 2.57. The van der Waals surface area contributed by atoms with Crippen molar-refractivity contribution in [3.05, 3.63) is 46.2 Å². The SMILES string of the molecule is CCn1nc(-c2cccc(OC)c2)cc(CC(=O)O)c1=O. The fourth-order valence-corrected chi connectivity index (χ4v) is 2.02. The molecule has 0 saturated carbocycles. The molecule has 0 fully saturated rings. The molecule has 0 bridgehead atoms. The summed E-state index contributed by atoms with van der Waals surface area (Å²) in [4.78, 5) is 22.9. The molecule has 2 aromatic rings. The number of hydrogen-bond donors (Lipinski definition) is 1. The zero-order valence-electron chi connectivity index (χ0n) is 11.9. The van der Waals surface area contributed by atoms with Gasteiger partial charge in [-0.2, -0.15) is 5.10 Å². The smallest absolute Gasteiger partial charge is 0.308 e. The van der Waals surface area contributed by atoms with Gasteiger partial charge in [0.1, 0.15) is 5.75 Å². The fourth-order valence-electron chi connectivity index (χ4n) is 2.02. The summed E-state index contributed by atoms with van der Waals surface area (Å²) >= 11 is 0. The quantitative estimate of drug-likeness (QED) is 0.903. The van der Waals surface area contributed by atoms with Crippen molar-refractivity contribution in [2.24, 2.45) is 0 Å². The maximum absolute atomic E-state index is 12.1. The van der Waals surface area contributed by atoms with Crippen LogP contribution in [0, 0.1) is 0 Å². The molecule has 0 aliphatic rings. The molecule has 0 aliphatic carbocycles. The maximum atomic E-state index is 12.1. The lowest BCUT2D eigenvalue weighted by Crippen LogP contribution is -2.27. The van der Waals surface area contributed by atoms with Crippen molar-refractivity contribution >= 4 is 5.97 Å². The molecule has 0 atom stereocenters. The van der Waals surface area contributed by atoms with Crippen LogP contribution in [0.4, 0.5) is 0 Å². The van der Waals surface area contributed by atoms with E-state index in [-0.39, 0.29) is 17.5 Å². The van der Waals surface area contributed by atoms with Gasteiger partial charge in [0.15, 0.2) is 0 Å². The molecule has 2 rings (SSSR count). The molecule has 1 heterocycles. The number of benzene rings is 1. The van der Waals surface area contributed by atoms with Gasteiger partial charge < -0.3 is 9.84 Å². The van der Waals surface area contributed by atoms with Gasteiger partial charge in [-0.1, -0.05) is 12.1 Å². The van der Waals surface area contributed by atoms with E-state index in [1.54, 1.807) is 26.2 Å². The summed E-state index contributed by atoms with van der Waals surface area (Å²) in [7, 11) is 1.56. The van der Waals surface area contributed by atoms with Crippen molar-refractivity contribution in [2.75, 3.05) is 7.11 Å². The number of carbonyl (C=O) groups is 1. The van der Waals surface area contributed by atoms with Crippen LogP contribution in [0.15, 0.2) is 35.1 Å². The third-order valence-corrected chi connectivity index (χ3v) is 3.06. The molecule has 6 heteroatoms. The highest BCUT2D eigenvalue weighted by Gasteiger charge is 2.12. The van der Waals surface area contributed by atoms with Crippen LogP contribution in [0.5, 0.6) is 5.75 Å². The highest BCUT2D eigenvalue weighted by molar-refractivity contribution is 5.71. The first-order chi connectivity index (χ1) is 10.0. The number of nitrogens with zero attached hydrogens (tertiary/aromatic N) is 2. The summed E-state index contributed by atoms with van der Waals surface area (Å²) in [5.74, 6) is -0.374. The summed E-state index contributed by atoms with van der Waals surface area (Å²) in [6, 6.07) is 8.76. The van der Waals surface area contributed by atoms with Crippen molar-refractivity contribution in [3.63, 3.8) is 0 Å². The van der Waals surface area contributed by atoms with Gasteiger partial charge in [-0.05, 0) is 25.1 Å². The standard InChI is InChI=1S/C15H16N2O4/c1-3-17-15(20)11(9-14(18)19)8-13(16-17)10-5-4-6-12(7-10)21-2/h4-8H,3,9H2,1-2H3,(H,18,19). The van der Waals surface area contributed by atoms with Gasteiger partial charge in [-0.25, -0.2) is 4.68 Å². The first-order valence-corrected chi connectivity index (χ1v) is 6.52. The Morgan fingerprint density at radius 1 is 1.38 bits per heavy atom. The number of methoxy groups -OCH3 is 1. The Kier molecular flexibility index (Phi) is 4.37. The van der Waals surface area contributed by atoms with Crippen LogP contribution < -0.4 is 10.3 Å². The minimum absolute atomic E-state index is 0.220. The van der Waals surface area contributed by atoms with Gasteiger partial charge in [0, 0.05) is 17.7 Å². The molecule has 1 N–H and O–H groups in total.